The van der Waals surface area contributed by atoms with E-state index in [1.54, 1.807) is 0 Å². The van der Waals surface area contributed by atoms with Crippen LogP contribution in [0.2, 0.25) is 0 Å². The second kappa shape index (κ2) is 5.66. The number of rotatable bonds is 4. The van der Waals surface area contributed by atoms with E-state index in [1.165, 1.54) is 19.3 Å². The van der Waals surface area contributed by atoms with Crippen LogP contribution in [-0.2, 0) is 11.2 Å². The lowest BCUT2D eigenvalue weighted by atomic mass is 9.90. The van der Waals surface area contributed by atoms with Crippen molar-refractivity contribution in [1.29, 1.82) is 0 Å². The van der Waals surface area contributed by atoms with Gasteiger partial charge in [0, 0.05) is 6.42 Å². The third kappa shape index (κ3) is 2.99. The van der Waals surface area contributed by atoms with Gasteiger partial charge in [-0.05, 0) is 45.3 Å². The Morgan fingerprint density at radius 1 is 1.11 bits per heavy atom. The zero-order valence-corrected chi connectivity index (χ0v) is 11.5. The summed E-state index contributed by atoms with van der Waals surface area (Å²) in [5.74, 6) is 0.329. The molecule has 18 heavy (non-hydrogen) atoms. The molecule has 1 aromatic rings. The number of hydrogen-bond donors (Lipinski definition) is 0. The molecule has 1 aliphatic heterocycles. The minimum Gasteiger partial charge on any atom is -0.297 e. The predicted molar refractivity (Wildman–Crippen MR) is 74.7 cm³/mol. The minimum absolute atomic E-state index is 0.323. The van der Waals surface area contributed by atoms with E-state index in [0.717, 1.165) is 18.7 Å². The fourth-order valence-electron chi connectivity index (χ4n) is 2.63. The maximum atomic E-state index is 12.5. The molecule has 98 valence electrons. The molecule has 1 fully saturated rings. The van der Waals surface area contributed by atoms with Crippen LogP contribution in [0, 0.1) is 0 Å². The van der Waals surface area contributed by atoms with E-state index in [1.807, 2.05) is 30.3 Å². The van der Waals surface area contributed by atoms with Crippen LogP contribution in [-0.4, -0.2) is 29.3 Å². The molecular weight excluding hydrogens is 222 g/mol. The highest BCUT2D eigenvalue weighted by Crippen LogP contribution is 2.22. The van der Waals surface area contributed by atoms with E-state index in [-0.39, 0.29) is 5.54 Å². The number of benzene rings is 1. The summed E-state index contributed by atoms with van der Waals surface area (Å²) in [6.07, 6.45) is 4.30. The highest BCUT2D eigenvalue weighted by Gasteiger charge is 2.34. The Hall–Kier alpha value is -1.15. The van der Waals surface area contributed by atoms with Crippen LogP contribution in [0.3, 0.4) is 0 Å². The van der Waals surface area contributed by atoms with Crippen molar-refractivity contribution in [3.8, 4) is 0 Å². The number of hydrogen-bond acceptors (Lipinski definition) is 2. The second-order valence-electron chi connectivity index (χ2n) is 5.69. The highest BCUT2D eigenvalue weighted by atomic mass is 16.1. The minimum atomic E-state index is -0.323. The molecule has 2 heteroatoms. The number of piperidine rings is 1. The van der Waals surface area contributed by atoms with Crippen LogP contribution in [0.1, 0.15) is 38.7 Å². The molecule has 0 spiro atoms. The van der Waals surface area contributed by atoms with Crippen molar-refractivity contribution in [2.75, 3.05) is 13.1 Å². The van der Waals surface area contributed by atoms with E-state index < -0.39 is 0 Å². The van der Waals surface area contributed by atoms with Crippen molar-refractivity contribution >= 4 is 5.78 Å². The predicted octanol–water partition coefficient (Wildman–Crippen LogP) is 3.06. The van der Waals surface area contributed by atoms with Crippen LogP contribution in [0.4, 0.5) is 0 Å². The first kappa shape index (κ1) is 13.3. The van der Waals surface area contributed by atoms with E-state index in [9.17, 15) is 4.79 Å². The van der Waals surface area contributed by atoms with Gasteiger partial charge in [-0.15, -0.1) is 0 Å². The lowest BCUT2D eigenvalue weighted by Crippen LogP contribution is -2.52. The number of likely N-dealkylation sites (tertiary alicyclic amines) is 1. The van der Waals surface area contributed by atoms with Gasteiger partial charge in [0.1, 0.15) is 0 Å². The third-order valence-corrected chi connectivity index (χ3v) is 4.04. The quantitative estimate of drug-likeness (QED) is 0.812. The Kier molecular flexibility index (Phi) is 4.18. The fourth-order valence-corrected chi connectivity index (χ4v) is 2.63. The van der Waals surface area contributed by atoms with E-state index >= 15 is 0 Å². The van der Waals surface area contributed by atoms with E-state index in [0.29, 0.717) is 12.2 Å². The van der Waals surface area contributed by atoms with Crippen LogP contribution < -0.4 is 0 Å². The van der Waals surface area contributed by atoms with Crippen molar-refractivity contribution in [2.45, 2.75) is 45.1 Å². The molecule has 0 unspecified atom stereocenters. The smallest absolute Gasteiger partial charge is 0.156 e. The summed E-state index contributed by atoms with van der Waals surface area (Å²) in [6.45, 7) is 6.27. The molecule has 0 N–H and O–H groups in total. The Morgan fingerprint density at radius 3 is 2.33 bits per heavy atom. The maximum Gasteiger partial charge on any atom is 0.156 e. The topological polar surface area (TPSA) is 20.3 Å². The summed E-state index contributed by atoms with van der Waals surface area (Å²) in [7, 11) is 0. The van der Waals surface area contributed by atoms with Gasteiger partial charge in [0.15, 0.2) is 5.78 Å². The van der Waals surface area contributed by atoms with Gasteiger partial charge < -0.3 is 0 Å². The first-order chi connectivity index (χ1) is 8.60. The Balaban J connectivity index is 2.02. The molecule has 0 amide bonds. The van der Waals surface area contributed by atoms with Crippen molar-refractivity contribution < 1.29 is 4.79 Å². The zero-order chi connectivity index (χ0) is 13.0. The Labute approximate surface area is 110 Å². The maximum absolute atomic E-state index is 12.5. The average molecular weight is 245 g/mol. The van der Waals surface area contributed by atoms with Gasteiger partial charge in [-0.25, -0.2) is 0 Å². The standard InChI is InChI=1S/C16H23NO/c1-16(2,17-11-7-4-8-12-17)15(18)13-14-9-5-3-6-10-14/h3,5-6,9-10H,4,7-8,11-13H2,1-2H3. The van der Waals surface area contributed by atoms with Crippen molar-refractivity contribution in [3.63, 3.8) is 0 Å². The SMILES string of the molecule is CC(C)(C(=O)Cc1ccccc1)N1CCCCC1. The Bertz CT molecular complexity index is 391. The summed E-state index contributed by atoms with van der Waals surface area (Å²) in [5.41, 5.74) is 0.795. The summed E-state index contributed by atoms with van der Waals surface area (Å²) in [4.78, 5) is 14.8. The lowest BCUT2D eigenvalue weighted by molar-refractivity contribution is -0.129. The van der Waals surface area contributed by atoms with Gasteiger partial charge in [0.2, 0.25) is 0 Å². The second-order valence-corrected chi connectivity index (χ2v) is 5.69. The fraction of sp³-hybridized carbons (Fsp3) is 0.562. The van der Waals surface area contributed by atoms with E-state index in [2.05, 4.69) is 18.7 Å². The average Bonchev–Trinajstić information content (AvgIpc) is 2.41. The summed E-state index contributed by atoms with van der Waals surface area (Å²) < 4.78 is 0. The van der Waals surface area contributed by atoms with Gasteiger partial charge in [-0.2, -0.15) is 0 Å². The van der Waals surface area contributed by atoms with E-state index in [4.69, 9.17) is 0 Å². The number of ketones is 1. The molecule has 2 nitrogen and oxygen atoms in total. The van der Waals surface area contributed by atoms with Crippen molar-refractivity contribution in [3.05, 3.63) is 35.9 Å². The third-order valence-electron chi connectivity index (χ3n) is 4.04. The van der Waals surface area contributed by atoms with Gasteiger partial charge in [0.25, 0.3) is 0 Å². The van der Waals surface area contributed by atoms with Crippen LogP contribution >= 0.6 is 0 Å². The first-order valence-corrected chi connectivity index (χ1v) is 6.93. The summed E-state index contributed by atoms with van der Waals surface area (Å²) in [5, 5.41) is 0. The van der Waals surface area contributed by atoms with Gasteiger partial charge in [-0.3, -0.25) is 9.69 Å². The molecule has 0 aliphatic carbocycles. The number of carbonyl (C=O) groups excluding carboxylic acids is 1. The first-order valence-electron chi connectivity index (χ1n) is 6.93. The molecule has 0 radical (unpaired) electrons. The largest absolute Gasteiger partial charge is 0.297 e. The monoisotopic (exact) mass is 245 g/mol. The Morgan fingerprint density at radius 2 is 1.72 bits per heavy atom. The summed E-state index contributed by atoms with van der Waals surface area (Å²) >= 11 is 0. The van der Waals surface area contributed by atoms with Crippen LogP contribution in [0.15, 0.2) is 30.3 Å². The normalized spacial score (nSPS) is 17.7. The molecular formula is C16H23NO. The van der Waals surface area contributed by atoms with Crippen LogP contribution in [0.5, 0.6) is 0 Å². The van der Waals surface area contributed by atoms with Gasteiger partial charge in [-0.1, -0.05) is 36.8 Å². The molecule has 1 aromatic carbocycles. The molecule has 0 atom stereocenters. The zero-order valence-electron chi connectivity index (χ0n) is 11.5. The van der Waals surface area contributed by atoms with Gasteiger partial charge in [0.05, 0.1) is 5.54 Å². The molecule has 1 aliphatic rings. The molecule has 2 rings (SSSR count). The summed E-state index contributed by atoms with van der Waals surface area (Å²) in [6, 6.07) is 10.0. The number of Topliss-reactive ketones (excluding diaryl/α,β-unsaturated/α-hetero) is 1. The molecule has 1 heterocycles. The molecule has 0 aromatic heterocycles. The number of nitrogens with zero attached hydrogens (tertiary/aromatic N) is 1. The molecule has 1 saturated heterocycles. The molecule has 0 saturated carbocycles. The highest BCUT2D eigenvalue weighted by molar-refractivity contribution is 5.89. The van der Waals surface area contributed by atoms with Crippen molar-refractivity contribution in [2.24, 2.45) is 0 Å². The number of carbonyl (C=O) groups is 1. The van der Waals surface area contributed by atoms with Crippen LogP contribution in [0.25, 0.3) is 0 Å². The molecule has 0 bridgehead atoms. The van der Waals surface area contributed by atoms with Gasteiger partial charge >= 0.3 is 0 Å². The van der Waals surface area contributed by atoms with Crippen molar-refractivity contribution in [1.82, 2.24) is 4.90 Å². The lowest BCUT2D eigenvalue weighted by Gasteiger charge is -2.39.